The molecule has 0 aromatic heterocycles. The molecule has 0 saturated heterocycles. The molecule has 0 saturated carbocycles. The van der Waals surface area contributed by atoms with E-state index in [0.717, 1.165) is 25.1 Å². The highest BCUT2D eigenvalue weighted by atomic mass is 35.5. The van der Waals surface area contributed by atoms with Crippen molar-refractivity contribution >= 4 is 11.6 Å². The summed E-state index contributed by atoms with van der Waals surface area (Å²) in [6.45, 7) is 7.55. The molecule has 0 heterocycles. The van der Waals surface area contributed by atoms with Crippen LogP contribution in [0.15, 0.2) is 18.2 Å². The molecule has 2 nitrogen and oxygen atoms in total. The molecule has 1 aromatic carbocycles. The largest absolute Gasteiger partial charge is 0.496 e. The summed E-state index contributed by atoms with van der Waals surface area (Å²) in [6.07, 6.45) is 3.42. The standard InChI is InChI=1S/C17H26ClNO/c1-12(2)19(11-13(3)18)15-9-8-14-6-5-7-17(20-4)16(14)10-15/h5-7,12-13,15H,8-11H2,1-4H3. The Morgan fingerprint density at radius 2 is 2.10 bits per heavy atom. The first kappa shape index (κ1) is 15.7. The van der Waals surface area contributed by atoms with E-state index in [2.05, 4.69) is 43.9 Å². The third kappa shape index (κ3) is 3.48. The predicted octanol–water partition coefficient (Wildman–Crippen LogP) is 3.89. The molecule has 1 aromatic rings. The number of nitrogens with zero attached hydrogens (tertiary/aromatic N) is 1. The van der Waals surface area contributed by atoms with Gasteiger partial charge in [-0.05, 0) is 57.2 Å². The van der Waals surface area contributed by atoms with Gasteiger partial charge < -0.3 is 4.74 Å². The van der Waals surface area contributed by atoms with Gasteiger partial charge in [0.2, 0.25) is 0 Å². The zero-order valence-corrected chi connectivity index (χ0v) is 13.8. The van der Waals surface area contributed by atoms with E-state index < -0.39 is 0 Å². The SMILES string of the molecule is COc1cccc2c1CC(N(CC(C)Cl)C(C)C)CC2. The summed E-state index contributed by atoms with van der Waals surface area (Å²) in [4.78, 5) is 2.55. The molecule has 2 unspecified atom stereocenters. The Bertz CT molecular complexity index is 430. The van der Waals surface area contributed by atoms with E-state index in [1.165, 1.54) is 17.5 Å². The number of hydrogen-bond acceptors (Lipinski definition) is 2. The van der Waals surface area contributed by atoms with E-state index >= 15 is 0 Å². The molecule has 20 heavy (non-hydrogen) atoms. The first-order chi connectivity index (χ1) is 9.52. The van der Waals surface area contributed by atoms with Gasteiger partial charge in [-0.3, -0.25) is 4.90 Å². The van der Waals surface area contributed by atoms with E-state index in [9.17, 15) is 0 Å². The van der Waals surface area contributed by atoms with Crippen LogP contribution in [-0.4, -0.2) is 36.0 Å². The molecule has 112 valence electrons. The van der Waals surface area contributed by atoms with Crippen LogP contribution >= 0.6 is 11.6 Å². The topological polar surface area (TPSA) is 12.5 Å². The Morgan fingerprint density at radius 1 is 1.35 bits per heavy atom. The maximum Gasteiger partial charge on any atom is 0.122 e. The zero-order chi connectivity index (χ0) is 14.7. The van der Waals surface area contributed by atoms with Crippen LogP contribution in [0, 0.1) is 0 Å². The summed E-state index contributed by atoms with van der Waals surface area (Å²) >= 11 is 6.23. The van der Waals surface area contributed by atoms with Gasteiger partial charge in [0, 0.05) is 24.0 Å². The molecule has 2 rings (SSSR count). The maximum absolute atomic E-state index is 6.23. The fourth-order valence-electron chi connectivity index (χ4n) is 3.28. The quantitative estimate of drug-likeness (QED) is 0.764. The molecular formula is C17H26ClNO. The van der Waals surface area contributed by atoms with Gasteiger partial charge in [-0.2, -0.15) is 0 Å². The summed E-state index contributed by atoms with van der Waals surface area (Å²) in [5, 5.41) is 0.191. The van der Waals surface area contributed by atoms with Crippen molar-refractivity contribution in [3.63, 3.8) is 0 Å². The molecule has 0 amide bonds. The van der Waals surface area contributed by atoms with E-state index in [-0.39, 0.29) is 5.38 Å². The van der Waals surface area contributed by atoms with Gasteiger partial charge >= 0.3 is 0 Å². The molecule has 0 radical (unpaired) electrons. The van der Waals surface area contributed by atoms with Crippen molar-refractivity contribution in [2.45, 2.75) is 57.5 Å². The minimum Gasteiger partial charge on any atom is -0.496 e. The Hall–Kier alpha value is -0.730. The van der Waals surface area contributed by atoms with Crippen LogP contribution in [0.3, 0.4) is 0 Å². The lowest BCUT2D eigenvalue weighted by molar-refractivity contribution is 0.140. The molecule has 1 aliphatic carbocycles. The second kappa shape index (κ2) is 6.82. The van der Waals surface area contributed by atoms with Crippen molar-refractivity contribution in [2.75, 3.05) is 13.7 Å². The number of rotatable bonds is 5. The maximum atomic E-state index is 6.23. The predicted molar refractivity (Wildman–Crippen MR) is 86.0 cm³/mol. The minimum atomic E-state index is 0.191. The van der Waals surface area contributed by atoms with Crippen LogP contribution < -0.4 is 4.74 Å². The third-order valence-corrected chi connectivity index (χ3v) is 4.37. The van der Waals surface area contributed by atoms with Crippen molar-refractivity contribution in [3.05, 3.63) is 29.3 Å². The summed E-state index contributed by atoms with van der Waals surface area (Å²) in [7, 11) is 1.76. The van der Waals surface area contributed by atoms with Crippen LogP contribution in [0.4, 0.5) is 0 Å². The fourth-order valence-corrected chi connectivity index (χ4v) is 3.44. The Labute approximate surface area is 128 Å². The average Bonchev–Trinajstić information content (AvgIpc) is 2.43. The van der Waals surface area contributed by atoms with E-state index in [4.69, 9.17) is 16.3 Å². The molecule has 2 atom stereocenters. The fraction of sp³-hybridized carbons (Fsp3) is 0.647. The summed E-state index contributed by atoms with van der Waals surface area (Å²) in [6, 6.07) is 7.50. The van der Waals surface area contributed by atoms with E-state index in [1.54, 1.807) is 7.11 Å². The second-order valence-electron chi connectivity index (χ2n) is 6.07. The van der Waals surface area contributed by atoms with Crippen LogP contribution in [0.2, 0.25) is 0 Å². The van der Waals surface area contributed by atoms with Crippen molar-refractivity contribution in [1.29, 1.82) is 0 Å². The van der Waals surface area contributed by atoms with Crippen LogP contribution in [0.25, 0.3) is 0 Å². The van der Waals surface area contributed by atoms with Crippen molar-refractivity contribution in [2.24, 2.45) is 0 Å². The summed E-state index contributed by atoms with van der Waals surface area (Å²) in [5.41, 5.74) is 2.84. The Balaban J connectivity index is 2.20. The van der Waals surface area contributed by atoms with Gasteiger partial charge in [-0.1, -0.05) is 12.1 Å². The highest BCUT2D eigenvalue weighted by Crippen LogP contribution is 2.32. The molecule has 0 fully saturated rings. The van der Waals surface area contributed by atoms with Gasteiger partial charge in [-0.25, -0.2) is 0 Å². The number of halogens is 1. The Morgan fingerprint density at radius 3 is 2.70 bits per heavy atom. The van der Waals surface area contributed by atoms with Crippen LogP contribution in [0.5, 0.6) is 5.75 Å². The van der Waals surface area contributed by atoms with Gasteiger partial charge in [0.05, 0.1) is 7.11 Å². The number of ether oxygens (including phenoxy) is 1. The summed E-state index contributed by atoms with van der Waals surface area (Å²) in [5.74, 6) is 1.04. The van der Waals surface area contributed by atoms with E-state index in [1.807, 2.05) is 0 Å². The highest BCUT2D eigenvalue weighted by Gasteiger charge is 2.28. The number of methoxy groups -OCH3 is 1. The lowest BCUT2D eigenvalue weighted by atomic mass is 9.86. The first-order valence-electron chi connectivity index (χ1n) is 7.57. The number of aryl methyl sites for hydroxylation is 1. The number of hydrogen-bond donors (Lipinski definition) is 0. The monoisotopic (exact) mass is 295 g/mol. The second-order valence-corrected chi connectivity index (χ2v) is 6.81. The van der Waals surface area contributed by atoms with Crippen molar-refractivity contribution in [1.82, 2.24) is 4.90 Å². The number of alkyl halides is 1. The summed E-state index contributed by atoms with van der Waals surface area (Å²) < 4.78 is 5.54. The third-order valence-electron chi connectivity index (χ3n) is 4.23. The molecule has 0 aliphatic heterocycles. The normalized spacial score (nSPS) is 20.1. The molecule has 0 N–H and O–H groups in total. The van der Waals surface area contributed by atoms with Gasteiger partial charge in [0.15, 0.2) is 0 Å². The van der Waals surface area contributed by atoms with Crippen molar-refractivity contribution < 1.29 is 4.74 Å². The van der Waals surface area contributed by atoms with E-state index in [0.29, 0.717) is 12.1 Å². The minimum absolute atomic E-state index is 0.191. The number of fused-ring (bicyclic) bond motifs is 1. The lowest BCUT2D eigenvalue weighted by Crippen LogP contribution is -2.46. The van der Waals surface area contributed by atoms with Gasteiger partial charge in [0.1, 0.15) is 5.75 Å². The Kier molecular flexibility index (Phi) is 5.34. The van der Waals surface area contributed by atoms with Crippen molar-refractivity contribution in [3.8, 4) is 5.75 Å². The number of benzene rings is 1. The smallest absolute Gasteiger partial charge is 0.122 e. The highest BCUT2D eigenvalue weighted by molar-refractivity contribution is 6.20. The first-order valence-corrected chi connectivity index (χ1v) is 8.01. The van der Waals surface area contributed by atoms with Crippen LogP contribution in [0.1, 0.15) is 38.3 Å². The molecular weight excluding hydrogens is 270 g/mol. The molecule has 3 heteroatoms. The molecule has 0 bridgehead atoms. The van der Waals surface area contributed by atoms with Gasteiger partial charge in [-0.15, -0.1) is 11.6 Å². The lowest BCUT2D eigenvalue weighted by Gasteiger charge is -2.39. The zero-order valence-electron chi connectivity index (χ0n) is 13.0. The van der Waals surface area contributed by atoms with Gasteiger partial charge in [0.25, 0.3) is 0 Å². The van der Waals surface area contributed by atoms with Crippen LogP contribution in [-0.2, 0) is 12.8 Å². The molecule has 1 aliphatic rings. The average molecular weight is 296 g/mol. The molecule has 0 spiro atoms.